The Morgan fingerprint density at radius 3 is 2.72 bits per heavy atom. The average molecular weight is 308 g/mol. The summed E-state index contributed by atoms with van der Waals surface area (Å²) in [6.07, 6.45) is 3.19. The van der Waals surface area contributed by atoms with E-state index in [1.807, 2.05) is 10.9 Å². The van der Waals surface area contributed by atoms with Crippen molar-refractivity contribution < 1.29 is 0 Å². The third-order valence-electron chi connectivity index (χ3n) is 2.69. The summed E-state index contributed by atoms with van der Waals surface area (Å²) in [4.78, 5) is 0. The van der Waals surface area contributed by atoms with E-state index in [0.29, 0.717) is 0 Å². The van der Waals surface area contributed by atoms with Crippen LogP contribution in [-0.2, 0) is 13.1 Å². The quantitative estimate of drug-likeness (QED) is 0.831. The van der Waals surface area contributed by atoms with Crippen LogP contribution in [-0.4, -0.2) is 16.3 Å². The molecule has 3 nitrogen and oxygen atoms in total. The molecule has 96 valence electrons. The molecule has 4 heteroatoms. The highest BCUT2D eigenvalue weighted by Crippen LogP contribution is 2.11. The van der Waals surface area contributed by atoms with Gasteiger partial charge in [0.25, 0.3) is 0 Å². The summed E-state index contributed by atoms with van der Waals surface area (Å²) >= 11 is 3.44. The molecule has 2 aromatic rings. The number of halogens is 1. The van der Waals surface area contributed by atoms with Crippen molar-refractivity contribution in [1.29, 1.82) is 0 Å². The van der Waals surface area contributed by atoms with Crippen LogP contribution in [0.5, 0.6) is 0 Å². The lowest BCUT2D eigenvalue weighted by Gasteiger charge is -2.02. The van der Waals surface area contributed by atoms with E-state index in [-0.39, 0.29) is 0 Å². The zero-order chi connectivity index (χ0) is 12.8. The lowest BCUT2D eigenvalue weighted by Crippen LogP contribution is -2.14. The van der Waals surface area contributed by atoms with Gasteiger partial charge in [-0.25, -0.2) is 0 Å². The number of rotatable bonds is 6. The molecular weight excluding hydrogens is 290 g/mol. The Bertz CT molecular complexity index is 476. The van der Waals surface area contributed by atoms with Crippen molar-refractivity contribution in [3.8, 4) is 0 Å². The Hall–Kier alpha value is -1.13. The SMILES string of the molecule is CCCNCc1ccn(Cc2ccc(Br)cc2)n1. The molecule has 0 bridgehead atoms. The normalized spacial score (nSPS) is 10.8. The molecule has 0 amide bonds. The molecule has 18 heavy (non-hydrogen) atoms. The molecule has 0 spiro atoms. The van der Waals surface area contributed by atoms with E-state index in [4.69, 9.17) is 0 Å². The van der Waals surface area contributed by atoms with Gasteiger partial charge in [-0.15, -0.1) is 0 Å². The predicted octanol–water partition coefficient (Wildman–Crippen LogP) is 3.19. The summed E-state index contributed by atoms with van der Waals surface area (Å²) in [5.41, 5.74) is 2.36. The third kappa shape index (κ3) is 3.96. The zero-order valence-electron chi connectivity index (χ0n) is 10.6. The first kappa shape index (κ1) is 13.3. The molecule has 0 aliphatic carbocycles. The molecule has 0 fully saturated rings. The van der Waals surface area contributed by atoms with Crippen LogP contribution >= 0.6 is 15.9 Å². The number of hydrogen-bond donors (Lipinski definition) is 1. The van der Waals surface area contributed by atoms with Gasteiger partial charge in [0.1, 0.15) is 0 Å². The zero-order valence-corrected chi connectivity index (χ0v) is 12.2. The van der Waals surface area contributed by atoms with Gasteiger partial charge >= 0.3 is 0 Å². The van der Waals surface area contributed by atoms with E-state index in [9.17, 15) is 0 Å². The van der Waals surface area contributed by atoms with Crippen molar-refractivity contribution in [2.75, 3.05) is 6.54 Å². The lowest BCUT2D eigenvalue weighted by atomic mass is 10.2. The maximum atomic E-state index is 4.54. The van der Waals surface area contributed by atoms with Crippen LogP contribution in [0.15, 0.2) is 41.0 Å². The Kier molecular flexibility index (Phi) is 4.96. The molecule has 1 heterocycles. The fourth-order valence-corrected chi connectivity index (χ4v) is 2.02. The van der Waals surface area contributed by atoms with E-state index in [2.05, 4.69) is 63.6 Å². The van der Waals surface area contributed by atoms with E-state index < -0.39 is 0 Å². The third-order valence-corrected chi connectivity index (χ3v) is 3.22. The van der Waals surface area contributed by atoms with Crippen molar-refractivity contribution >= 4 is 15.9 Å². The number of benzene rings is 1. The number of aromatic nitrogens is 2. The summed E-state index contributed by atoms with van der Waals surface area (Å²) in [5, 5.41) is 7.90. The molecule has 0 unspecified atom stereocenters. The molecule has 0 aliphatic rings. The second-order valence-electron chi connectivity index (χ2n) is 4.31. The molecule has 0 radical (unpaired) electrons. The topological polar surface area (TPSA) is 29.9 Å². The van der Waals surface area contributed by atoms with Crippen molar-refractivity contribution in [3.63, 3.8) is 0 Å². The molecule has 0 saturated heterocycles. The highest BCUT2D eigenvalue weighted by Gasteiger charge is 1.99. The Morgan fingerprint density at radius 1 is 1.22 bits per heavy atom. The summed E-state index contributed by atoms with van der Waals surface area (Å²) in [7, 11) is 0. The first-order chi connectivity index (χ1) is 8.78. The summed E-state index contributed by atoms with van der Waals surface area (Å²) in [5.74, 6) is 0. The Morgan fingerprint density at radius 2 is 2.00 bits per heavy atom. The smallest absolute Gasteiger partial charge is 0.0762 e. The maximum absolute atomic E-state index is 4.54. The average Bonchev–Trinajstić information content (AvgIpc) is 2.80. The minimum absolute atomic E-state index is 0.820. The van der Waals surface area contributed by atoms with E-state index in [1.54, 1.807) is 0 Å². The molecule has 2 rings (SSSR count). The maximum Gasteiger partial charge on any atom is 0.0762 e. The van der Waals surface area contributed by atoms with Crippen molar-refractivity contribution in [2.24, 2.45) is 0 Å². The fraction of sp³-hybridized carbons (Fsp3) is 0.357. The largest absolute Gasteiger partial charge is 0.311 e. The summed E-state index contributed by atoms with van der Waals surface area (Å²) in [6.45, 7) is 4.88. The molecule has 1 N–H and O–H groups in total. The monoisotopic (exact) mass is 307 g/mol. The fourth-order valence-electron chi connectivity index (χ4n) is 1.76. The van der Waals surface area contributed by atoms with Gasteiger partial charge in [0, 0.05) is 17.2 Å². The van der Waals surface area contributed by atoms with Crippen molar-refractivity contribution in [3.05, 3.63) is 52.3 Å². The van der Waals surface area contributed by atoms with Gasteiger partial charge in [-0.1, -0.05) is 35.0 Å². The number of nitrogens with one attached hydrogen (secondary N) is 1. The van der Waals surface area contributed by atoms with Crippen molar-refractivity contribution in [2.45, 2.75) is 26.4 Å². The molecule has 1 aromatic heterocycles. The van der Waals surface area contributed by atoms with Crippen LogP contribution in [0.2, 0.25) is 0 Å². The summed E-state index contributed by atoms with van der Waals surface area (Å²) in [6, 6.07) is 10.4. The molecular formula is C14H18BrN3. The lowest BCUT2D eigenvalue weighted by molar-refractivity contribution is 0.628. The second-order valence-corrected chi connectivity index (χ2v) is 5.22. The second kappa shape index (κ2) is 6.71. The Labute approximate surface area is 116 Å². The van der Waals surface area contributed by atoms with Gasteiger partial charge in [0.15, 0.2) is 0 Å². The van der Waals surface area contributed by atoms with E-state index in [1.165, 1.54) is 5.56 Å². The minimum Gasteiger partial charge on any atom is -0.311 e. The van der Waals surface area contributed by atoms with Crippen LogP contribution in [0.4, 0.5) is 0 Å². The molecule has 0 aliphatic heterocycles. The number of hydrogen-bond acceptors (Lipinski definition) is 2. The molecule has 0 saturated carbocycles. The van der Waals surface area contributed by atoms with E-state index >= 15 is 0 Å². The highest BCUT2D eigenvalue weighted by atomic mass is 79.9. The van der Waals surface area contributed by atoms with Crippen LogP contribution < -0.4 is 5.32 Å². The highest BCUT2D eigenvalue weighted by molar-refractivity contribution is 9.10. The molecule has 0 atom stereocenters. The van der Waals surface area contributed by atoms with Gasteiger partial charge in [-0.3, -0.25) is 4.68 Å². The first-order valence-electron chi connectivity index (χ1n) is 6.25. The van der Waals surface area contributed by atoms with Crippen LogP contribution in [0.25, 0.3) is 0 Å². The minimum atomic E-state index is 0.820. The predicted molar refractivity (Wildman–Crippen MR) is 77.5 cm³/mol. The molecule has 1 aromatic carbocycles. The first-order valence-corrected chi connectivity index (χ1v) is 7.04. The van der Waals surface area contributed by atoms with Gasteiger partial charge < -0.3 is 5.32 Å². The van der Waals surface area contributed by atoms with Gasteiger partial charge in [0.05, 0.1) is 12.2 Å². The number of nitrogens with zero attached hydrogens (tertiary/aromatic N) is 2. The van der Waals surface area contributed by atoms with Crippen LogP contribution in [0, 0.1) is 0 Å². The Balaban J connectivity index is 1.91. The standard InChI is InChI=1S/C14H18BrN3/c1-2-8-16-10-14-7-9-18(17-14)11-12-3-5-13(15)6-4-12/h3-7,9,16H,2,8,10-11H2,1H3. The summed E-state index contributed by atoms with van der Waals surface area (Å²) < 4.78 is 3.09. The van der Waals surface area contributed by atoms with Crippen molar-refractivity contribution in [1.82, 2.24) is 15.1 Å². The van der Waals surface area contributed by atoms with Crippen LogP contribution in [0.3, 0.4) is 0 Å². The van der Waals surface area contributed by atoms with Crippen LogP contribution in [0.1, 0.15) is 24.6 Å². The van der Waals surface area contributed by atoms with E-state index in [0.717, 1.165) is 36.2 Å². The van der Waals surface area contributed by atoms with Gasteiger partial charge in [-0.05, 0) is 36.7 Å². The van der Waals surface area contributed by atoms with Gasteiger partial charge in [-0.2, -0.15) is 5.10 Å². The van der Waals surface area contributed by atoms with Gasteiger partial charge in [0.2, 0.25) is 0 Å².